The fraction of sp³-hybridized carbons (Fsp3) is 0.853. The van der Waals surface area contributed by atoms with E-state index < -0.39 is 47.2 Å². The minimum atomic E-state index is -1.06. The van der Waals surface area contributed by atoms with Crippen molar-refractivity contribution in [1.29, 1.82) is 0 Å². The van der Waals surface area contributed by atoms with Gasteiger partial charge in [-0.25, -0.2) is 0 Å². The van der Waals surface area contributed by atoms with Crippen molar-refractivity contribution in [2.45, 2.75) is 142 Å². The zero-order chi connectivity index (χ0) is 32.2. The van der Waals surface area contributed by atoms with E-state index >= 15 is 0 Å². The van der Waals surface area contributed by atoms with Crippen molar-refractivity contribution in [3.8, 4) is 0 Å². The summed E-state index contributed by atoms with van der Waals surface area (Å²) in [5.74, 6) is -2.56. The molecule has 0 bridgehead atoms. The van der Waals surface area contributed by atoms with Crippen LogP contribution in [0.1, 0.15) is 118 Å². The Morgan fingerprint density at radius 3 is 2.00 bits per heavy atom. The van der Waals surface area contributed by atoms with Gasteiger partial charge >= 0.3 is 0 Å². The Morgan fingerprint density at radius 2 is 1.52 bits per heavy atom. The van der Waals surface area contributed by atoms with E-state index in [1.165, 1.54) is 0 Å². The molecular weight excluding hydrogens is 558 g/mol. The highest BCUT2D eigenvalue weighted by Crippen LogP contribution is 2.88. The lowest BCUT2D eigenvalue weighted by molar-refractivity contribution is -0.145. The second-order valence-corrected chi connectivity index (χ2v) is 16.4. The van der Waals surface area contributed by atoms with E-state index in [0.29, 0.717) is 19.4 Å². The zero-order valence-electron chi connectivity index (χ0n) is 27.5. The molecule has 246 valence electrons. The van der Waals surface area contributed by atoms with Gasteiger partial charge in [0.05, 0.1) is 12.1 Å². The summed E-state index contributed by atoms with van der Waals surface area (Å²) in [7, 11) is 0. The molecule has 4 saturated carbocycles. The van der Waals surface area contributed by atoms with Crippen LogP contribution in [0.2, 0.25) is 0 Å². The average molecular weight is 614 g/mol. The van der Waals surface area contributed by atoms with E-state index in [2.05, 4.69) is 24.5 Å². The third kappa shape index (κ3) is 5.36. The highest BCUT2D eigenvalue weighted by Gasteiger charge is 2.85. The van der Waals surface area contributed by atoms with E-state index in [9.17, 15) is 24.0 Å². The lowest BCUT2D eigenvalue weighted by atomic mass is 9.73. The largest absolute Gasteiger partial charge is 0.363 e. The first kappa shape index (κ1) is 32.9. The van der Waals surface area contributed by atoms with Crippen LogP contribution < -0.4 is 22.1 Å². The molecule has 5 atom stereocenters. The molecular formula is C34H55N5O5. The van der Waals surface area contributed by atoms with Crippen LogP contribution in [-0.4, -0.2) is 65.0 Å². The monoisotopic (exact) mass is 613 g/mol. The molecule has 1 saturated heterocycles. The van der Waals surface area contributed by atoms with Gasteiger partial charge in [0, 0.05) is 12.0 Å². The Kier molecular flexibility index (Phi) is 8.75. The summed E-state index contributed by atoms with van der Waals surface area (Å²) >= 11 is 0. The molecule has 0 aromatic carbocycles. The first-order valence-electron chi connectivity index (χ1n) is 17.1. The molecule has 5 fully saturated rings. The Balaban J connectivity index is 1.41. The van der Waals surface area contributed by atoms with Crippen molar-refractivity contribution in [2.24, 2.45) is 45.0 Å². The van der Waals surface area contributed by atoms with E-state index in [-0.39, 0.29) is 39.9 Å². The Bertz CT molecular complexity index is 1180. The summed E-state index contributed by atoms with van der Waals surface area (Å²) in [6.45, 7) is 10.7. The van der Waals surface area contributed by atoms with Gasteiger partial charge in [-0.05, 0) is 66.6 Å². The highest BCUT2D eigenvalue weighted by molar-refractivity contribution is 6.37. The lowest BCUT2D eigenvalue weighted by Gasteiger charge is -2.37. The molecule has 2 unspecified atom stereocenters. The van der Waals surface area contributed by atoms with Crippen LogP contribution in [0, 0.1) is 33.5 Å². The number of nitrogens with one attached hydrogen (secondary N) is 2. The maximum absolute atomic E-state index is 14.6. The van der Waals surface area contributed by atoms with Crippen LogP contribution in [-0.2, 0) is 24.0 Å². The van der Waals surface area contributed by atoms with Crippen LogP contribution >= 0.6 is 0 Å². The topological polar surface area (TPSA) is 165 Å². The van der Waals surface area contributed by atoms with Gasteiger partial charge in [-0.1, -0.05) is 79.6 Å². The van der Waals surface area contributed by atoms with Crippen LogP contribution in [0.25, 0.3) is 0 Å². The Labute approximate surface area is 262 Å². The number of hydrogen-bond acceptors (Lipinski definition) is 6. The highest BCUT2D eigenvalue weighted by atomic mass is 16.2. The minimum absolute atomic E-state index is 0.0516. The summed E-state index contributed by atoms with van der Waals surface area (Å²) in [5.41, 5.74) is 11.0. The van der Waals surface area contributed by atoms with Crippen molar-refractivity contribution in [3.63, 3.8) is 0 Å². The maximum Gasteiger partial charge on any atom is 0.287 e. The number of likely N-dealkylation sites (tertiary alicyclic amines) is 1. The third-order valence-electron chi connectivity index (χ3n) is 12.9. The number of amides is 4. The molecule has 0 aromatic rings. The van der Waals surface area contributed by atoms with E-state index in [1.807, 2.05) is 20.8 Å². The predicted molar refractivity (Wildman–Crippen MR) is 167 cm³/mol. The second kappa shape index (κ2) is 11.7. The normalized spacial score (nSPS) is 29.7. The molecule has 0 radical (unpaired) electrons. The second-order valence-electron chi connectivity index (χ2n) is 16.4. The van der Waals surface area contributed by atoms with Crippen LogP contribution in [0.15, 0.2) is 0 Å². The zero-order valence-corrected chi connectivity index (χ0v) is 27.5. The van der Waals surface area contributed by atoms with Crippen LogP contribution in [0.5, 0.6) is 0 Å². The number of Topliss-reactive ketones (excluding diaryl/α,β-unsaturated/α-hetero) is 1. The van der Waals surface area contributed by atoms with Gasteiger partial charge < -0.3 is 27.0 Å². The molecule has 5 rings (SSSR count). The fourth-order valence-electron chi connectivity index (χ4n) is 9.56. The molecule has 44 heavy (non-hydrogen) atoms. The number of rotatable bonds is 10. The average Bonchev–Trinajstić information content (AvgIpc) is 3.15. The molecule has 6 N–H and O–H groups in total. The number of nitrogens with two attached hydrogens (primary N) is 2. The summed E-state index contributed by atoms with van der Waals surface area (Å²) in [5, 5.41) is 5.89. The number of carbonyl (C=O) groups is 5. The van der Waals surface area contributed by atoms with Gasteiger partial charge in [-0.3, -0.25) is 24.0 Å². The van der Waals surface area contributed by atoms with Gasteiger partial charge in [0.2, 0.25) is 23.5 Å². The van der Waals surface area contributed by atoms with Gasteiger partial charge in [0.1, 0.15) is 12.1 Å². The van der Waals surface area contributed by atoms with Gasteiger partial charge in [-0.2, -0.15) is 0 Å². The van der Waals surface area contributed by atoms with Crippen LogP contribution in [0.4, 0.5) is 0 Å². The summed E-state index contributed by atoms with van der Waals surface area (Å²) in [6.07, 6.45) is 12.1. The molecule has 5 aliphatic rings. The first-order chi connectivity index (χ1) is 20.6. The van der Waals surface area contributed by atoms with Crippen molar-refractivity contribution < 1.29 is 24.0 Å². The van der Waals surface area contributed by atoms with E-state index in [0.717, 1.165) is 70.6 Å². The fourth-order valence-corrected chi connectivity index (χ4v) is 9.56. The number of nitrogens with zero attached hydrogens (tertiary/aromatic N) is 1. The number of hydrogen-bond donors (Lipinski definition) is 4. The third-order valence-corrected chi connectivity index (χ3v) is 12.9. The van der Waals surface area contributed by atoms with Crippen molar-refractivity contribution in [2.75, 3.05) is 6.54 Å². The predicted octanol–water partition coefficient (Wildman–Crippen LogP) is 2.95. The Morgan fingerprint density at radius 1 is 0.886 bits per heavy atom. The minimum Gasteiger partial charge on any atom is -0.363 e. The van der Waals surface area contributed by atoms with Gasteiger partial charge in [0.15, 0.2) is 0 Å². The molecule has 1 aliphatic heterocycles. The van der Waals surface area contributed by atoms with Crippen molar-refractivity contribution >= 4 is 29.4 Å². The van der Waals surface area contributed by atoms with E-state index in [1.54, 1.807) is 4.90 Å². The van der Waals surface area contributed by atoms with Crippen molar-refractivity contribution in [1.82, 2.24) is 15.5 Å². The molecule has 10 nitrogen and oxygen atoms in total. The quantitative estimate of drug-likeness (QED) is 0.277. The number of primary amides is 1. The van der Waals surface area contributed by atoms with Crippen molar-refractivity contribution in [3.05, 3.63) is 0 Å². The number of ketones is 1. The molecule has 1 heterocycles. The van der Waals surface area contributed by atoms with Gasteiger partial charge in [0.25, 0.3) is 5.91 Å². The van der Waals surface area contributed by atoms with Crippen LogP contribution in [0.3, 0.4) is 0 Å². The molecule has 2 spiro atoms. The molecule has 4 amide bonds. The SMILES string of the molecule is CC(C)(C)[C@H](NC(=O)[C@@H](N)C1CCCCC1)C(=O)N1CC2(C[C@H]1C(=O)NC(CC1CCC1)C(=O)C(N)=O)C(C)(C)C21CCC1. The summed E-state index contributed by atoms with van der Waals surface area (Å²) < 4.78 is 0. The molecule has 4 aliphatic carbocycles. The lowest BCUT2D eigenvalue weighted by Crippen LogP contribution is -2.61. The number of fused-ring (bicyclic) bond motifs is 1. The van der Waals surface area contributed by atoms with Gasteiger partial charge in [-0.15, -0.1) is 0 Å². The molecule has 0 aromatic heterocycles. The van der Waals surface area contributed by atoms with E-state index in [4.69, 9.17) is 11.5 Å². The summed E-state index contributed by atoms with van der Waals surface area (Å²) in [6, 6.07) is -3.40. The number of carbonyl (C=O) groups excluding carboxylic acids is 5. The summed E-state index contributed by atoms with van der Waals surface area (Å²) in [4.78, 5) is 68.6. The Hall–Kier alpha value is -2.49. The smallest absolute Gasteiger partial charge is 0.287 e. The standard InChI is InChI=1S/C34H55N5O5/c1-31(2,3)26(38-29(43)24(35)21-13-7-6-8-14-21)30(44)39-19-34(32(4,5)33(34)15-10-16-33)18-23(39)28(42)37-22(25(40)27(36)41)17-20-11-9-12-20/h20-24,26H,6-19,35H2,1-5H3,(H2,36,41)(H,37,42)(H,38,43)/t22?,23-,24-,26+,34?/m0/s1. The maximum atomic E-state index is 14.6. The first-order valence-corrected chi connectivity index (χ1v) is 17.1. The molecule has 10 heteroatoms.